The fourth-order valence-electron chi connectivity index (χ4n) is 12.9. The van der Waals surface area contributed by atoms with Gasteiger partial charge in [-0.3, -0.25) is 77.3 Å². The number of H-pyrrole nitrogens is 2. The summed E-state index contributed by atoms with van der Waals surface area (Å²) in [5.41, 5.74) is 19.3. The number of carboxylic acids is 1. The van der Waals surface area contributed by atoms with Crippen molar-refractivity contribution in [3.8, 4) is 5.75 Å². The van der Waals surface area contributed by atoms with E-state index in [4.69, 9.17) is 22.6 Å². The number of nitrogens with zero attached hydrogens (tertiary/aromatic N) is 2. The smallest absolute Gasteiger partial charge is 0.303 e. The van der Waals surface area contributed by atoms with Gasteiger partial charge in [0, 0.05) is 81.1 Å². The lowest BCUT2D eigenvalue weighted by Crippen LogP contribution is -2.61. The zero-order valence-electron chi connectivity index (χ0n) is 66.0. The molecule has 40 nitrogen and oxygen atoms in total. The monoisotopic (exact) mass is 1660 g/mol. The molecule has 0 bridgehead atoms. The van der Waals surface area contributed by atoms with E-state index in [0.717, 1.165) is 6.92 Å². The molecular formula is C77H109N21O19S. The number of thioether (sulfide) groups is 1. The van der Waals surface area contributed by atoms with E-state index in [1.807, 2.05) is 0 Å². The molecule has 26 N–H and O–H groups in total. The minimum atomic E-state index is -1.84. The molecule has 0 unspecified atom stereocenters. The minimum Gasteiger partial charge on any atom is -0.508 e. The van der Waals surface area contributed by atoms with Gasteiger partial charge in [0.05, 0.1) is 26.1 Å². The van der Waals surface area contributed by atoms with Crippen molar-refractivity contribution < 1.29 is 92.3 Å². The maximum absolute atomic E-state index is 15.2. The molecular weight excluding hydrogens is 1560 g/mol. The van der Waals surface area contributed by atoms with Gasteiger partial charge >= 0.3 is 5.97 Å². The summed E-state index contributed by atoms with van der Waals surface area (Å²) >= 11 is 1.23. The predicted molar refractivity (Wildman–Crippen MR) is 431 cm³/mol. The van der Waals surface area contributed by atoms with E-state index < -0.39 is 206 Å². The van der Waals surface area contributed by atoms with Crippen molar-refractivity contribution in [2.75, 3.05) is 51.4 Å². The molecule has 12 atom stereocenters. The average Bonchev–Trinajstić information content (AvgIpc) is 1.64. The first-order valence-corrected chi connectivity index (χ1v) is 39.9. The Kier molecular flexibility index (Phi) is 38.8. The molecule has 118 heavy (non-hydrogen) atoms. The van der Waals surface area contributed by atoms with Crippen LogP contribution in [0.1, 0.15) is 107 Å². The highest BCUT2D eigenvalue weighted by Gasteiger charge is 2.41. The van der Waals surface area contributed by atoms with E-state index >= 15 is 14.4 Å². The SMILES string of the molecule is CSCC[C@H](NC(=O)[C@H](CO)NC(=O)[C@H](Cc1ccc(O)cc1)NC(=O)[C@H](CO)NC(C)=O)C(=O)N[C@@H](CCC(=O)O)C(=O)N[C@@H](Cc1cnc[nH]1)C(=O)N[C@H](Cc1ccccc1)C(=O)N[C@@H](CCCNC(=N)N)C(=O)N[C@@H](Cc1c[nH]c2ccccc12)C(=O)NCC(=O)N[C@@H](CCCCN)C(=O)N1CCC[C@H]1C(=O)N[C@H](C(N)=O)C(C)C. The van der Waals surface area contributed by atoms with Crippen LogP contribution in [0.25, 0.3) is 10.9 Å². The van der Waals surface area contributed by atoms with Crippen molar-refractivity contribution in [1.82, 2.24) is 89.0 Å². The molecule has 5 aromatic rings. The van der Waals surface area contributed by atoms with Crippen molar-refractivity contribution in [3.05, 3.63) is 120 Å². The zero-order valence-corrected chi connectivity index (χ0v) is 66.9. The topological polar surface area (TPSA) is 643 Å². The summed E-state index contributed by atoms with van der Waals surface area (Å²) in [7, 11) is 0. The van der Waals surface area contributed by atoms with Gasteiger partial charge in [-0.2, -0.15) is 11.8 Å². The quantitative estimate of drug-likeness (QED) is 0.00991. The molecule has 0 radical (unpaired) electrons. The Bertz CT molecular complexity index is 4250. The van der Waals surface area contributed by atoms with Crippen LogP contribution in [0.2, 0.25) is 0 Å². The number of benzene rings is 3. The number of likely N-dealkylation sites (tertiary alicyclic amines) is 1. The zero-order chi connectivity index (χ0) is 86.5. The average molecular weight is 1660 g/mol. The van der Waals surface area contributed by atoms with E-state index in [1.165, 1.54) is 53.5 Å². The van der Waals surface area contributed by atoms with Gasteiger partial charge in [0.25, 0.3) is 0 Å². The summed E-state index contributed by atoms with van der Waals surface area (Å²) in [6.45, 7) is 2.20. The van der Waals surface area contributed by atoms with Gasteiger partial charge in [-0.15, -0.1) is 0 Å². The number of carbonyl (C=O) groups excluding carboxylic acids is 14. The predicted octanol–water partition coefficient (Wildman–Crippen LogP) is -4.54. The van der Waals surface area contributed by atoms with Gasteiger partial charge in [-0.25, -0.2) is 4.98 Å². The first kappa shape index (κ1) is 94.6. The van der Waals surface area contributed by atoms with Crippen LogP contribution in [0.5, 0.6) is 5.75 Å². The van der Waals surface area contributed by atoms with E-state index in [-0.39, 0.29) is 94.1 Å². The van der Waals surface area contributed by atoms with E-state index in [9.17, 15) is 78.0 Å². The molecule has 14 amide bonds. The Morgan fingerprint density at radius 3 is 1.64 bits per heavy atom. The normalized spacial score (nSPS) is 15.2. The van der Waals surface area contributed by atoms with E-state index in [2.05, 4.69) is 84.1 Å². The Morgan fingerprint density at radius 2 is 1.09 bits per heavy atom. The van der Waals surface area contributed by atoms with Crippen molar-refractivity contribution in [2.45, 2.75) is 183 Å². The number of para-hydroxylation sites is 1. The fraction of sp³-hybridized carbons (Fsp3) is 0.494. The lowest BCUT2D eigenvalue weighted by Gasteiger charge is -2.30. The largest absolute Gasteiger partial charge is 0.508 e. The number of aliphatic hydroxyl groups is 2. The number of aromatic nitrogens is 3. The molecule has 642 valence electrons. The summed E-state index contributed by atoms with van der Waals surface area (Å²) in [5.74, 6) is -14.9. The summed E-state index contributed by atoms with van der Waals surface area (Å²) in [6, 6.07) is 2.94. The second kappa shape index (κ2) is 48.3. The van der Waals surface area contributed by atoms with Crippen LogP contribution in [0.3, 0.4) is 0 Å². The van der Waals surface area contributed by atoms with Crippen LogP contribution in [0.15, 0.2) is 97.6 Å². The third-order valence-electron chi connectivity index (χ3n) is 19.2. The summed E-state index contributed by atoms with van der Waals surface area (Å²) in [5, 5.41) is 81.9. The third kappa shape index (κ3) is 30.8. The van der Waals surface area contributed by atoms with Crippen LogP contribution >= 0.6 is 11.8 Å². The number of aliphatic hydroxyl groups excluding tert-OH is 2. The van der Waals surface area contributed by atoms with Crippen LogP contribution in [-0.4, -0.2) is 259 Å². The van der Waals surface area contributed by atoms with Crippen LogP contribution in [-0.2, 0) is 97.6 Å². The highest BCUT2D eigenvalue weighted by molar-refractivity contribution is 7.98. The number of primary amides is 1. The number of phenols is 1. The molecule has 0 aliphatic carbocycles. The third-order valence-corrected chi connectivity index (χ3v) is 19.9. The number of unbranched alkanes of at least 4 members (excludes halogenated alkanes) is 1. The number of aromatic amines is 2. The maximum atomic E-state index is 15.2. The number of rotatable bonds is 50. The number of carbonyl (C=O) groups is 15. The summed E-state index contributed by atoms with van der Waals surface area (Å²) in [4.78, 5) is 220. The highest BCUT2D eigenvalue weighted by Crippen LogP contribution is 2.23. The Balaban J connectivity index is 1.25. The molecule has 3 heterocycles. The lowest BCUT2D eigenvalue weighted by molar-refractivity contribution is -0.142. The molecule has 41 heteroatoms. The number of hydrogen-bond donors (Lipinski definition) is 23. The van der Waals surface area contributed by atoms with Crippen molar-refractivity contribution in [3.63, 3.8) is 0 Å². The van der Waals surface area contributed by atoms with Gasteiger partial charge in [-0.05, 0) is 117 Å². The number of aromatic hydroxyl groups is 1. The number of nitrogens with one attached hydrogen (secondary N) is 16. The molecule has 1 saturated heterocycles. The maximum Gasteiger partial charge on any atom is 0.303 e. The first-order chi connectivity index (χ1) is 56.3. The standard InChI is InChI=1S/C77H109N21O19S/c1-42(2)64(65(79)106)97-75(116)61-20-13-30-98(61)76(117)54(18-10-11-28-78)88-62(103)38-85-66(107)57(34-46-36-84-50-17-9-8-16-49(46)50)94-67(108)51(19-12-29-83-77(80)81)89-70(111)55(32-44-14-6-5-7-15-44)92-72(113)58(35-47-37-82-41-86-47)95-68(109)52(25-26-63(104)105)90-69(110)53(27-31-118-4)91-74(115)60(40-100)96-71(112)56(33-45-21-23-48(102)24-22-45)93-73(114)59(39-99)87-43(3)101/h5-9,14-17,21-24,36-37,41-42,51-61,64,84,99-100,102H,10-13,18-20,25-35,38-40,78H2,1-4H3,(H2,79,106)(H,82,86)(H,85,107)(H,87,101)(H,88,103)(H,89,111)(H,90,110)(H,91,115)(H,92,113)(H,93,114)(H,94,108)(H,95,109)(H,96,112)(H,97,116)(H,104,105)(H4,80,81,83)/t51-,52-,53-,54-,55+,56-,57-,58-,59-,60-,61-,64-/m0/s1. The number of imidazole rings is 1. The number of fused-ring (bicyclic) bond motifs is 1. The molecule has 0 saturated carbocycles. The molecule has 6 rings (SSSR count). The molecule has 0 spiro atoms. The molecule has 1 aliphatic heterocycles. The number of carboxylic acid groups (broad SMARTS) is 1. The minimum absolute atomic E-state index is 0.00491. The lowest BCUT2D eigenvalue weighted by atomic mass is 10.0. The molecule has 1 fully saturated rings. The highest BCUT2D eigenvalue weighted by atomic mass is 32.2. The molecule has 1 aliphatic rings. The number of aliphatic carboxylic acids is 1. The van der Waals surface area contributed by atoms with Gasteiger partial charge in [-0.1, -0.05) is 74.5 Å². The van der Waals surface area contributed by atoms with Gasteiger partial charge in [0.15, 0.2) is 5.96 Å². The van der Waals surface area contributed by atoms with E-state index in [0.29, 0.717) is 46.9 Å². The Hall–Kier alpha value is -12.2. The van der Waals surface area contributed by atoms with Crippen LogP contribution in [0.4, 0.5) is 0 Å². The number of guanidine groups is 1. The second-order valence-corrected chi connectivity index (χ2v) is 29.6. The number of amides is 14. The second-order valence-electron chi connectivity index (χ2n) is 28.7. The van der Waals surface area contributed by atoms with E-state index in [1.54, 1.807) is 80.9 Å². The van der Waals surface area contributed by atoms with Gasteiger partial charge in [0.1, 0.15) is 78.3 Å². The number of hydrogen-bond acceptors (Lipinski definition) is 22. The molecule has 3 aromatic carbocycles. The molecule has 2 aromatic heterocycles. The first-order valence-electron chi connectivity index (χ1n) is 38.5. The van der Waals surface area contributed by atoms with Crippen LogP contribution < -0.4 is 86.3 Å². The van der Waals surface area contributed by atoms with Crippen molar-refractivity contribution in [2.24, 2.45) is 23.1 Å². The Labute approximate surface area is 684 Å². The number of phenolic OH excluding ortho intramolecular Hbond substituents is 1. The number of nitrogens with two attached hydrogens (primary N) is 3. The fourth-order valence-corrected chi connectivity index (χ4v) is 13.4. The Morgan fingerprint density at radius 1 is 0.576 bits per heavy atom. The van der Waals surface area contributed by atoms with Gasteiger partial charge in [0.2, 0.25) is 82.7 Å². The van der Waals surface area contributed by atoms with Crippen molar-refractivity contribution in [1.29, 1.82) is 5.41 Å². The van der Waals surface area contributed by atoms with Crippen molar-refractivity contribution >= 4 is 117 Å². The van der Waals surface area contributed by atoms with Crippen LogP contribution in [0, 0.1) is 11.3 Å². The summed E-state index contributed by atoms with van der Waals surface area (Å²) in [6.07, 6.45) is 4.64. The van der Waals surface area contributed by atoms with Gasteiger partial charge < -0.3 is 122 Å². The summed E-state index contributed by atoms with van der Waals surface area (Å²) < 4.78 is 0.